The summed E-state index contributed by atoms with van der Waals surface area (Å²) in [4.78, 5) is 0. The fraction of sp³-hybridized carbons (Fsp3) is 0.143. The summed E-state index contributed by atoms with van der Waals surface area (Å²) in [6.45, 7) is 0. The molecular formula is C21H16BrCl2NZr. The van der Waals surface area contributed by atoms with Crippen molar-refractivity contribution in [2.24, 2.45) is 7.05 Å². The van der Waals surface area contributed by atoms with E-state index in [0.29, 0.717) is 3.63 Å². The van der Waals surface area contributed by atoms with Crippen LogP contribution < -0.4 is 35.5 Å². The van der Waals surface area contributed by atoms with Crippen LogP contribution in [0.2, 0.25) is 0 Å². The van der Waals surface area contributed by atoms with E-state index in [-0.39, 0.29) is 24.8 Å². The van der Waals surface area contributed by atoms with Crippen molar-refractivity contribution in [3.8, 4) is 11.1 Å². The molecular weight excluding hydrogens is 508 g/mol. The van der Waals surface area contributed by atoms with E-state index < -0.39 is 23.2 Å². The smallest absolute Gasteiger partial charge is 1.00 e. The molecule has 0 saturated heterocycles. The predicted molar refractivity (Wildman–Crippen MR) is 99.6 cm³/mol. The average molecular weight is 524 g/mol. The van der Waals surface area contributed by atoms with E-state index in [2.05, 4.69) is 88.3 Å². The van der Waals surface area contributed by atoms with Crippen molar-refractivity contribution in [1.29, 1.82) is 0 Å². The minimum atomic E-state index is -0.648. The monoisotopic (exact) mass is 521 g/mol. The first-order valence-electron chi connectivity index (χ1n) is 8.23. The van der Waals surface area contributed by atoms with Crippen LogP contribution >= 0.6 is 15.9 Å². The zero-order valence-corrected chi connectivity index (χ0v) is 19.7. The Labute approximate surface area is 185 Å². The van der Waals surface area contributed by atoms with Crippen molar-refractivity contribution in [1.82, 2.24) is 4.57 Å². The van der Waals surface area contributed by atoms with E-state index in [9.17, 15) is 0 Å². The van der Waals surface area contributed by atoms with Gasteiger partial charge in [-0.05, 0) is 0 Å². The van der Waals surface area contributed by atoms with Gasteiger partial charge in [-0.25, -0.2) is 0 Å². The number of benzene rings is 1. The molecule has 0 N–H and O–H groups in total. The minimum Gasteiger partial charge on any atom is -1.00 e. The van der Waals surface area contributed by atoms with Gasteiger partial charge in [0.2, 0.25) is 0 Å². The van der Waals surface area contributed by atoms with E-state index >= 15 is 0 Å². The van der Waals surface area contributed by atoms with Crippen LogP contribution in [-0.4, -0.2) is 4.57 Å². The quantitative estimate of drug-likeness (QED) is 0.363. The number of halogens is 3. The molecule has 0 amide bonds. The van der Waals surface area contributed by atoms with Crippen molar-refractivity contribution in [2.45, 2.75) is 10.0 Å². The topological polar surface area (TPSA) is 4.93 Å². The fourth-order valence-corrected chi connectivity index (χ4v) is 7.96. The van der Waals surface area contributed by atoms with E-state index in [1.807, 2.05) is 0 Å². The first-order chi connectivity index (χ1) is 11.7. The summed E-state index contributed by atoms with van der Waals surface area (Å²) in [5, 5.41) is 2.78. The van der Waals surface area contributed by atoms with Crippen molar-refractivity contribution >= 4 is 28.1 Å². The van der Waals surface area contributed by atoms with Gasteiger partial charge in [-0.3, -0.25) is 0 Å². The zero-order chi connectivity index (χ0) is 16.3. The zero-order valence-electron chi connectivity index (χ0n) is 14.1. The molecule has 5 heteroatoms. The van der Waals surface area contributed by atoms with Crippen molar-refractivity contribution in [3.05, 3.63) is 78.2 Å². The summed E-state index contributed by atoms with van der Waals surface area (Å²) in [5.41, 5.74) is 5.80. The maximum atomic E-state index is 3.61. The van der Waals surface area contributed by atoms with Crippen LogP contribution in [0.15, 0.2) is 56.3 Å². The van der Waals surface area contributed by atoms with Crippen LogP contribution in [0.3, 0.4) is 0 Å². The van der Waals surface area contributed by atoms with E-state index in [1.54, 1.807) is 8.84 Å². The number of rotatable bonds is 2. The number of nitrogens with zero attached hydrogens (tertiary/aromatic N) is 1. The standard InChI is InChI=1S/C16H11BrN.C5H5.2ClH.Zr/c1-18-14-5-3-2-4-13(14)16-12-7-6-11(17)8-10(12)9-15(16)18;1-2-4-5-3-1;;;/h2-9H,1H3;1-3H,4H2;2*1H;/q;;;;+2/p-2. The summed E-state index contributed by atoms with van der Waals surface area (Å²) in [5.74, 6) is 0. The molecule has 5 rings (SSSR count). The van der Waals surface area contributed by atoms with Gasteiger partial charge >= 0.3 is 162 Å². The second-order valence-electron chi connectivity index (χ2n) is 6.49. The van der Waals surface area contributed by atoms with Crippen LogP contribution in [0, 0.1) is 0 Å². The predicted octanol–water partition coefficient (Wildman–Crippen LogP) is -2.08. The van der Waals surface area contributed by atoms with Crippen LogP contribution in [0.1, 0.15) is 21.2 Å². The van der Waals surface area contributed by atoms with Crippen molar-refractivity contribution in [2.75, 3.05) is 0 Å². The Morgan fingerprint density at radius 2 is 1.96 bits per heavy atom. The third-order valence-electron chi connectivity index (χ3n) is 5.08. The van der Waals surface area contributed by atoms with Gasteiger partial charge in [-0.15, -0.1) is 0 Å². The number of aromatic nitrogens is 1. The Kier molecular flexibility index (Phi) is 6.04. The van der Waals surface area contributed by atoms with Crippen LogP contribution in [0.5, 0.6) is 0 Å². The third kappa shape index (κ3) is 3.12. The molecule has 0 radical (unpaired) electrons. The molecule has 0 fully saturated rings. The number of fused-ring (bicyclic) bond motifs is 5. The van der Waals surface area contributed by atoms with Gasteiger partial charge in [0, 0.05) is 0 Å². The van der Waals surface area contributed by atoms with Crippen molar-refractivity contribution in [3.63, 3.8) is 0 Å². The Hall–Kier alpha value is -0.597. The molecule has 26 heavy (non-hydrogen) atoms. The first-order valence-corrected chi connectivity index (χ1v) is 11.7. The summed E-state index contributed by atoms with van der Waals surface area (Å²) >= 11 is 2.96. The summed E-state index contributed by atoms with van der Waals surface area (Å²) in [7, 11) is 2.21. The van der Waals surface area contributed by atoms with Crippen molar-refractivity contribution < 1.29 is 48.0 Å². The molecule has 0 bridgehead atoms. The van der Waals surface area contributed by atoms with Crippen LogP contribution in [0.4, 0.5) is 0 Å². The first kappa shape index (κ1) is 20.1. The van der Waals surface area contributed by atoms with Crippen LogP contribution in [0.25, 0.3) is 23.3 Å². The molecule has 130 valence electrons. The second-order valence-corrected chi connectivity index (χ2v) is 11.2. The normalized spacial score (nSPS) is 17.6. The molecule has 1 nitrogen and oxygen atoms in total. The molecule has 1 aromatic heterocycles. The van der Waals surface area contributed by atoms with E-state index in [1.165, 1.54) is 33.8 Å². The largest absolute Gasteiger partial charge is 1.00 e. The third-order valence-corrected chi connectivity index (χ3v) is 9.34. The molecule has 0 aliphatic heterocycles. The van der Waals surface area contributed by atoms with Gasteiger partial charge in [-0.2, -0.15) is 0 Å². The van der Waals surface area contributed by atoms with Gasteiger partial charge in [0.1, 0.15) is 0 Å². The van der Waals surface area contributed by atoms with E-state index in [0.717, 1.165) is 4.47 Å². The number of hydrogen-bond acceptors (Lipinski definition) is 0. The van der Waals surface area contributed by atoms with Crippen LogP contribution in [-0.2, 0) is 30.3 Å². The molecule has 1 heterocycles. The Bertz CT molecular complexity index is 1090. The molecule has 3 aliphatic rings. The molecule has 2 aromatic rings. The Morgan fingerprint density at radius 1 is 1.12 bits per heavy atom. The molecule has 3 aliphatic carbocycles. The number of allylic oxidation sites excluding steroid dienone is 6. The fourth-order valence-electron chi connectivity index (χ4n) is 3.97. The molecule has 1 aromatic carbocycles. The van der Waals surface area contributed by atoms with E-state index in [4.69, 9.17) is 0 Å². The Balaban J connectivity index is 0.000000980. The minimum absolute atomic E-state index is 0. The molecule has 1 atom stereocenters. The molecule has 1 unspecified atom stereocenters. The molecule has 0 spiro atoms. The SMILES string of the molecule is Cn1c2c(c3c1=CC=C[CH]3[Zr+2][C]1=CC=CC1)-c1ccc(Br)cc1C=2.[Cl-].[Cl-]. The maximum Gasteiger partial charge on any atom is -1.00 e. The van der Waals surface area contributed by atoms with Gasteiger partial charge in [0.05, 0.1) is 0 Å². The van der Waals surface area contributed by atoms with Gasteiger partial charge < -0.3 is 24.8 Å². The summed E-state index contributed by atoms with van der Waals surface area (Å²) in [6, 6.07) is 6.68. The second kappa shape index (κ2) is 7.80. The average Bonchev–Trinajstić information content (AvgIpc) is 3.26. The Morgan fingerprint density at radius 3 is 2.73 bits per heavy atom. The van der Waals surface area contributed by atoms with Gasteiger partial charge in [0.25, 0.3) is 0 Å². The summed E-state index contributed by atoms with van der Waals surface area (Å²) in [6.07, 6.45) is 17.4. The van der Waals surface area contributed by atoms with Gasteiger partial charge in [0.15, 0.2) is 0 Å². The van der Waals surface area contributed by atoms with Gasteiger partial charge in [-0.1, -0.05) is 0 Å². The summed E-state index contributed by atoms with van der Waals surface area (Å²) < 4.78 is 5.88. The molecule has 0 saturated carbocycles. The number of hydrogen-bond donors (Lipinski definition) is 0. The maximum absolute atomic E-state index is 3.61.